The molecule has 3 aliphatic rings. The third kappa shape index (κ3) is 3.28. The Balaban J connectivity index is 1.23. The first-order chi connectivity index (χ1) is 27.8. The summed E-state index contributed by atoms with van der Waals surface area (Å²) in [5.41, 5.74) is 13.5. The highest BCUT2D eigenvalue weighted by molar-refractivity contribution is 7.21. The number of benzene rings is 8. The van der Waals surface area contributed by atoms with Crippen molar-refractivity contribution >= 4 is 119 Å². The Labute approximate surface area is 322 Å². The number of aromatic nitrogens is 1. The van der Waals surface area contributed by atoms with Crippen molar-refractivity contribution in [3.63, 3.8) is 0 Å². The van der Waals surface area contributed by atoms with Crippen molar-refractivity contribution in [1.82, 2.24) is 4.48 Å². The molecule has 3 aliphatic heterocycles. The van der Waals surface area contributed by atoms with Gasteiger partial charge in [0.25, 0.3) is 0 Å². The van der Waals surface area contributed by atoms with Crippen molar-refractivity contribution in [2.24, 2.45) is 0 Å². The van der Waals surface area contributed by atoms with Crippen molar-refractivity contribution in [1.29, 1.82) is 0 Å². The summed E-state index contributed by atoms with van der Waals surface area (Å²) in [6.07, 6.45) is 0. The molecule has 0 unspecified atom stereocenters. The zero-order valence-electron chi connectivity index (χ0n) is 30.0. The van der Waals surface area contributed by atoms with Gasteiger partial charge in [0.15, 0.2) is 13.8 Å². The molecule has 6 heterocycles. The van der Waals surface area contributed by atoms with Crippen LogP contribution >= 0.6 is 0 Å². The second-order valence-corrected chi connectivity index (χ2v) is 19.2. The topological polar surface area (TPSA) is 34.5 Å². The summed E-state index contributed by atoms with van der Waals surface area (Å²) >= 11 is 0. The second kappa shape index (κ2) is 10.2. The number of anilines is 3. The minimum absolute atomic E-state index is 0.164. The molecule has 14 rings (SSSR count). The molecule has 6 heteroatoms. The highest BCUT2D eigenvalue weighted by Gasteiger charge is 2.54. The van der Waals surface area contributed by atoms with Crippen LogP contribution in [0, 0.1) is 0 Å². The highest BCUT2D eigenvalue weighted by Crippen LogP contribution is 2.50. The lowest BCUT2D eigenvalue weighted by molar-refractivity contribution is 0.650. The van der Waals surface area contributed by atoms with Gasteiger partial charge in [-0.3, -0.25) is 0 Å². The van der Waals surface area contributed by atoms with Gasteiger partial charge < -0.3 is 18.2 Å². The van der Waals surface area contributed by atoms with Crippen LogP contribution in [0.2, 0.25) is 0 Å². The van der Waals surface area contributed by atoms with Gasteiger partial charge in [0.1, 0.15) is 16.7 Å². The predicted molar refractivity (Wildman–Crippen MR) is 234 cm³/mol. The molecule has 0 radical (unpaired) electrons. The molecule has 56 heavy (non-hydrogen) atoms. The van der Waals surface area contributed by atoms with Crippen LogP contribution < -0.4 is 36.6 Å². The Morgan fingerprint density at radius 1 is 0.500 bits per heavy atom. The van der Waals surface area contributed by atoms with E-state index >= 15 is 0 Å². The van der Waals surface area contributed by atoms with Crippen molar-refractivity contribution in [2.45, 2.75) is 0 Å². The first kappa shape index (κ1) is 29.4. The van der Waals surface area contributed by atoms with Crippen LogP contribution in [-0.2, 0) is 0 Å². The summed E-state index contributed by atoms with van der Waals surface area (Å²) < 4.78 is 16.5. The monoisotopic (exact) mass is 728 g/mol. The number of fused-ring (bicyclic) bond motifs is 15. The van der Waals surface area contributed by atoms with Crippen LogP contribution in [0.5, 0.6) is 0 Å². The summed E-state index contributed by atoms with van der Waals surface area (Å²) in [5, 5.41) is 11.3. The summed E-state index contributed by atoms with van der Waals surface area (Å²) in [6, 6.07) is 65.2. The molecule has 0 N–H and O–H groups in total. The molecule has 258 valence electrons. The van der Waals surface area contributed by atoms with Gasteiger partial charge >= 0.3 is 6.85 Å². The molecule has 11 aromatic rings. The Kier molecular flexibility index (Phi) is 5.34. The fourth-order valence-corrected chi connectivity index (χ4v) is 16.2. The molecule has 0 fully saturated rings. The Morgan fingerprint density at radius 2 is 1.14 bits per heavy atom. The van der Waals surface area contributed by atoms with E-state index in [9.17, 15) is 0 Å². The summed E-state index contributed by atoms with van der Waals surface area (Å²) in [6.45, 7) is -0.164. The average Bonchev–Trinajstić information content (AvgIpc) is 3.93. The highest BCUT2D eigenvalue weighted by atomic mass is 28.3. The van der Waals surface area contributed by atoms with Crippen molar-refractivity contribution in [2.75, 3.05) is 4.90 Å². The van der Waals surface area contributed by atoms with Crippen LogP contribution in [0.3, 0.4) is 0 Å². The van der Waals surface area contributed by atoms with Crippen LogP contribution in [0.4, 0.5) is 17.1 Å². The number of hydrogen-bond donors (Lipinski definition) is 0. The van der Waals surface area contributed by atoms with E-state index < -0.39 is 8.07 Å². The van der Waals surface area contributed by atoms with Crippen LogP contribution in [-0.4, -0.2) is 19.4 Å². The van der Waals surface area contributed by atoms with E-state index in [-0.39, 0.29) is 6.85 Å². The zero-order chi connectivity index (χ0) is 36.3. The Morgan fingerprint density at radius 3 is 1.95 bits per heavy atom. The van der Waals surface area contributed by atoms with Gasteiger partial charge in [0.2, 0.25) is 0 Å². The molecule has 3 aromatic heterocycles. The standard InChI is InChI=1S/C50H29BN2O2Si/c1-3-15-30(16-4-1)56(31-17-5-2-6-18-31)42-27-12-9-24-38(42)52-39-29-36-32-19-7-10-25-40(32)54-49(36)45-35-22-13-21-34-44-33-20-8-11-26-41(33)55-50(44)53(47(34)35)51(46(39)45)37-23-14-28-43(56)48(37)52/h1-29H. The molecule has 0 spiro atoms. The summed E-state index contributed by atoms with van der Waals surface area (Å²) in [7, 11) is -2.87. The maximum Gasteiger partial charge on any atom is 0.336 e. The molecule has 0 saturated carbocycles. The zero-order valence-corrected chi connectivity index (χ0v) is 31.0. The Hall–Kier alpha value is -7.02. The summed E-state index contributed by atoms with van der Waals surface area (Å²) in [5.74, 6) is 0. The van der Waals surface area contributed by atoms with E-state index in [0.717, 1.165) is 38.6 Å². The fraction of sp³-hybridized carbons (Fsp3) is 0. The fourth-order valence-electron chi connectivity index (χ4n) is 11.0. The maximum absolute atomic E-state index is 6.98. The third-order valence-electron chi connectivity index (χ3n) is 13.0. The quantitative estimate of drug-likeness (QED) is 0.168. The maximum atomic E-state index is 6.98. The van der Waals surface area contributed by atoms with Gasteiger partial charge in [-0.05, 0) is 55.9 Å². The van der Waals surface area contributed by atoms with Crippen LogP contribution in [0.15, 0.2) is 185 Å². The van der Waals surface area contributed by atoms with Gasteiger partial charge in [0, 0.05) is 55.3 Å². The molecule has 4 nitrogen and oxygen atoms in total. The number of furan rings is 2. The predicted octanol–water partition coefficient (Wildman–Crippen LogP) is 8.55. The van der Waals surface area contributed by atoms with E-state index in [4.69, 9.17) is 8.83 Å². The molecule has 0 atom stereocenters. The van der Waals surface area contributed by atoms with Gasteiger partial charge in [-0.15, -0.1) is 0 Å². The average molecular weight is 729 g/mol. The molecule has 0 bridgehead atoms. The lowest BCUT2D eigenvalue weighted by atomic mass is 9.45. The second-order valence-electron chi connectivity index (χ2n) is 15.5. The lowest BCUT2D eigenvalue weighted by Gasteiger charge is -2.49. The number of rotatable bonds is 2. The van der Waals surface area contributed by atoms with Crippen LogP contribution in [0.1, 0.15) is 0 Å². The lowest BCUT2D eigenvalue weighted by Crippen LogP contribution is -2.78. The normalized spacial score (nSPS) is 14.5. The third-order valence-corrected chi connectivity index (χ3v) is 17.9. The number of hydrogen-bond acceptors (Lipinski definition) is 3. The first-order valence-electron chi connectivity index (χ1n) is 19.4. The first-order valence-corrected chi connectivity index (χ1v) is 21.4. The molecule has 0 saturated heterocycles. The number of nitrogens with zero attached hydrogens (tertiary/aromatic N) is 2. The van der Waals surface area contributed by atoms with Crippen molar-refractivity contribution < 1.29 is 8.83 Å². The van der Waals surface area contributed by atoms with Crippen LogP contribution in [0.25, 0.3) is 66.0 Å². The smallest absolute Gasteiger partial charge is 0.336 e. The molecule has 8 aromatic carbocycles. The van der Waals surface area contributed by atoms with Crippen molar-refractivity contribution in [3.8, 4) is 11.1 Å². The minimum atomic E-state index is -2.87. The Bertz CT molecular complexity index is 3470. The van der Waals surface area contributed by atoms with E-state index in [1.165, 1.54) is 76.2 Å². The molecule has 0 aliphatic carbocycles. The van der Waals surface area contributed by atoms with E-state index in [0.29, 0.717) is 0 Å². The van der Waals surface area contributed by atoms with Gasteiger partial charge in [-0.25, -0.2) is 0 Å². The van der Waals surface area contributed by atoms with Crippen molar-refractivity contribution in [3.05, 3.63) is 176 Å². The molecular formula is C50H29BN2O2Si. The summed E-state index contributed by atoms with van der Waals surface area (Å²) in [4.78, 5) is 2.61. The van der Waals surface area contributed by atoms with E-state index in [2.05, 4.69) is 185 Å². The van der Waals surface area contributed by atoms with Gasteiger partial charge in [-0.2, -0.15) is 0 Å². The number of para-hydroxylation sites is 5. The van der Waals surface area contributed by atoms with E-state index in [1.807, 2.05) is 0 Å². The van der Waals surface area contributed by atoms with Gasteiger partial charge in [0.05, 0.1) is 5.39 Å². The largest absolute Gasteiger partial charge is 0.455 e. The van der Waals surface area contributed by atoms with E-state index in [1.54, 1.807) is 0 Å². The SMILES string of the molecule is c1ccc([Si]2(c3ccccc3)c3ccccc3N3c4cc5c(oc6ccccc65)c5c4B(c4cccc2c43)n2c3oc4ccccc4c3c3cccc-5c32)cc1. The van der Waals surface area contributed by atoms with Gasteiger partial charge in [-0.1, -0.05) is 152 Å². The molecular weight excluding hydrogens is 699 g/mol. The molecule has 0 amide bonds. The minimum Gasteiger partial charge on any atom is -0.455 e.